The van der Waals surface area contributed by atoms with Gasteiger partial charge in [0, 0.05) is 22.8 Å². The summed E-state index contributed by atoms with van der Waals surface area (Å²) in [4.78, 5) is 8.99. The van der Waals surface area contributed by atoms with E-state index < -0.39 is 0 Å². The highest BCUT2D eigenvalue weighted by molar-refractivity contribution is 6.10. The molecule has 0 spiro atoms. The topological polar surface area (TPSA) is 43.6 Å². The largest absolute Gasteiger partial charge is 0.304 e. The van der Waals surface area contributed by atoms with E-state index >= 15 is 0 Å². The minimum absolute atomic E-state index is 0.906. The van der Waals surface area contributed by atoms with Gasteiger partial charge in [0.05, 0.1) is 11.4 Å². The molecule has 5 heteroatoms. The summed E-state index contributed by atoms with van der Waals surface area (Å²) in [6, 6.07) is 8.11. The highest BCUT2D eigenvalue weighted by Gasteiger charge is 2.08. The molecule has 0 aromatic carbocycles. The van der Waals surface area contributed by atoms with Crippen molar-refractivity contribution in [3.8, 4) is 11.3 Å². The van der Waals surface area contributed by atoms with Crippen molar-refractivity contribution < 1.29 is 0 Å². The van der Waals surface area contributed by atoms with Gasteiger partial charge in [-0.05, 0) is 32.0 Å². The fourth-order valence-electron chi connectivity index (χ4n) is 2.15. The van der Waals surface area contributed by atoms with Gasteiger partial charge in [-0.3, -0.25) is 4.98 Å². The van der Waals surface area contributed by atoms with Crippen LogP contribution in [0.1, 0.15) is 11.4 Å². The fourth-order valence-corrected chi connectivity index (χ4v) is 2.15. The maximum Gasteiger partial charge on any atom is 0.251 e. The van der Waals surface area contributed by atoms with Crippen LogP contribution in [-0.2, 0) is 0 Å². The Morgan fingerprint density at radius 2 is 2.06 bits per heavy atom. The van der Waals surface area contributed by atoms with Gasteiger partial charge in [-0.15, -0.1) is 0 Å². The van der Waals surface area contributed by atoms with Crippen LogP contribution in [0.3, 0.4) is 0 Å². The second kappa shape index (κ2) is 3.94. The van der Waals surface area contributed by atoms with E-state index in [1.54, 1.807) is 4.59 Å². The monoisotopic (exact) mass is 236 g/mol. The third kappa shape index (κ3) is 1.68. The van der Waals surface area contributed by atoms with E-state index in [1.807, 2.05) is 46.2 Å². The first kappa shape index (κ1) is 11.0. The van der Waals surface area contributed by atoms with Crippen molar-refractivity contribution in [3.05, 3.63) is 41.9 Å². The van der Waals surface area contributed by atoms with Crippen molar-refractivity contribution in [1.29, 1.82) is 0 Å². The summed E-state index contributed by atoms with van der Waals surface area (Å²) in [6.45, 7) is 3.99. The van der Waals surface area contributed by atoms with Gasteiger partial charge in [0.2, 0.25) is 0 Å². The van der Waals surface area contributed by atoms with Crippen LogP contribution in [0.15, 0.2) is 30.5 Å². The van der Waals surface area contributed by atoms with Gasteiger partial charge in [-0.2, -0.15) is 5.10 Å². The molecule has 0 aliphatic heterocycles. The average Bonchev–Trinajstić information content (AvgIpc) is 2.65. The van der Waals surface area contributed by atoms with Crippen LogP contribution in [0.5, 0.6) is 0 Å². The normalized spacial score (nSPS) is 11.0. The first-order chi connectivity index (χ1) is 8.65. The minimum Gasteiger partial charge on any atom is -0.304 e. The van der Waals surface area contributed by atoms with E-state index in [0.717, 1.165) is 33.7 Å². The van der Waals surface area contributed by atoms with E-state index in [2.05, 4.69) is 21.1 Å². The van der Waals surface area contributed by atoms with Crippen molar-refractivity contribution in [3.63, 3.8) is 0 Å². The zero-order valence-electron chi connectivity index (χ0n) is 10.7. The molecule has 0 amide bonds. The number of hydrogen-bond acceptors (Lipinski definition) is 3. The first-order valence-corrected chi connectivity index (χ1v) is 5.88. The molecule has 0 aliphatic carbocycles. The molecule has 0 saturated heterocycles. The molecule has 0 saturated carbocycles. The number of aromatic nitrogens is 4. The summed E-state index contributed by atoms with van der Waals surface area (Å²) >= 11 is 0. The molecule has 3 heterocycles. The van der Waals surface area contributed by atoms with Crippen LogP contribution >= 0.6 is 0 Å². The van der Waals surface area contributed by atoms with Crippen molar-refractivity contribution in [2.45, 2.75) is 13.8 Å². The van der Waals surface area contributed by atoms with Crippen LogP contribution in [0.4, 0.5) is 0 Å². The van der Waals surface area contributed by atoms with Crippen molar-refractivity contribution in [1.82, 2.24) is 19.7 Å². The summed E-state index contributed by atoms with van der Waals surface area (Å²) in [6.07, 6.45) is 1.85. The number of aryl methyl sites for hydroxylation is 2. The predicted octanol–water partition coefficient (Wildman–Crippen LogP) is 1.51. The summed E-state index contributed by atoms with van der Waals surface area (Å²) in [5.74, 6) is 0. The Morgan fingerprint density at radius 3 is 2.83 bits per heavy atom. The van der Waals surface area contributed by atoms with Gasteiger partial charge < -0.3 is 4.59 Å². The molecule has 0 aliphatic rings. The van der Waals surface area contributed by atoms with Gasteiger partial charge in [0.1, 0.15) is 5.65 Å². The van der Waals surface area contributed by atoms with Crippen LogP contribution in [-0.4, -0.2) is 27.6 Å². The SMILES string of the molecule is Bn1nc(C)c2cc(-c3cccc(C)n3)cnc21. The van der Waals surface area contributed by atoms with E-state index in [-0.39, 0.29) is 0 Å². The predicted molar refractivity (Wildman–Crippen MR) is 74.2 cm³/mol. The van der Waals surface area contributed by atoms with E-state index in [9.17, 15) is 0 Å². The molecule has 0 fully saturated rings. The average molecular weight is 236 g/mol. The van der Waals surface area contributed by atoms with E-state index in [0.29, 0.717) is 0 Å². The maximum absolute atomic E-state index is 4.52. The molecule has 3 aromatic rings. The molecule has 18 heavy (non-hydrogen) atoms. The lowest BCUT2D eigenvalue weighted by Crippen LogP contribution is -1.95. The molecule has 0 atom stereocenters. The van der Waals surface area contributed by atoms with Gasteiger partial charge in [-0.25, -0.2) is 4.98 Å². The highest BCUT2D eigenvalue weighted by atomic mass is 15.2. The Hall–Kier alpha value is -2.17. The minimum atomic E-state index is 0.906. The van der Waals surface area contributed by atoms with Crippen LogP contribution in [0, 0.1) is 13.8 Å². The number of nitrogens with zero attached hydrogens (tertiary/aromatic N) is 4. The van der Waals surface area contributed by atoms with Gasteiger partial charge >= 0.3 is 0 Å². The van der Waals surface area contributed by atoms with Gasteiger partial charge in [0.25, 0.3) is 7.98 Å². The fraction of sp³-hybridized carbons (Fsp3) is 0.154. The second-order valence-corrected chi connectivity index (χ2v) is 4.47. The molecule has 4 nitrogen and oxygen atoms in total. The summed E-state index contributed by atoms with van der Waals surface area (Å²) in [5.41, 5.74) is 4.89. The third-order valence-electron chi connectivity index (χ3n) is 3.05. The van der Waals surface area contributed by atoms with Crippen LogP contribution < -0.4 is 0 Å². The molecular formula is C13H13BN4. The molecule has 0 N–H and O–H groups in total. The molecule has 0 radical (unpaired) electrons. The van der Waals surface area contributed by atoms with Crippen molar-refractivity contribution >= 4 is 19.0 Å². The lowest BCUT2D eigenvalue weighted by Gasteiger charge is -2.02. The van der Waals surface area contributed by atoms with E-state index in [1.165, 1.54) is 0 Å². The number of hydrogen-bond donors (Lipinski definition) is 0. The van der Waals surface area contributed by atoms with Crippen LogP contribution in [0.2, 0.25) is 0 Å². The highest BCUT2D eigenvalue weighted by Crippen LogP contribution is 2.22. The maximum atomic E-state index is 4.52. The molecule has 3 rings (SSSR count). The summed E-state index contributed by atoms with van der Waals surface area (Å²) in [5, 5.41) is 5.46. The first-order valence-electron chi connectivity index (χ1n) is 5.88. The standard InChI is InChI=1S/C13H13BN4/c1-8-4-3-5-12(16-8)10-6-11-9(2)17-18(14)13(11)15-7-10/h3-7H,14H2,1-2H3. The van der Waals surface area contributed by atoms with Gasteiger partial charge in [0.15, 0.2) is 0 Å². The van der Waals surface area contributed by atoms with E-state index in [4.69, 9.17) is 0 Å². The van der Waals surface area contributed by atoms with Crippen molar-refractivity contribution in [2.24, 2.45) is 0 Å². The molecule has 88 valence electrons. The summed E-state index contributed by atoms with van der Waals surface area (Å²) < 4.78 is 1.80. The Labute approximate surface area is 106 Å². The lowest BCUT2D eigenvalue weighted by atomic mass is 10.1. The Bertz CT molecular complexity index is 733. The quantitative estimate of drug-likeness (QED) is 0.601. The molecule has 3 aromatic heterocycles. The Balaban J connectivity index is 2.22. The third-order valence-corrected chi connectivity index (χ3v) is 3.05. The smallest absolute Gasteiger partial charge is 0.251 e. The molecular weight excluding hydrogens is 223 g/mol. The second-order valence-electron chi connectivity index (χ2n) is 4.47. The number of pyridine rings is 2. The zero-order chi connectivity index (χ0) is 12.7. The summed E-state index contributed by atoms with van der Waals surface area (Å²) in [7, 11) is 1.91. The number of rotatable bonds is 1. The van der Waals surface area contributed by atoms with Gasteiger partial charge in [-0.1, -0.05) is 6.07 Å². The Morgan fingerprint density at radius 1 is 1.22 bits per heavy atom. The molecule has 0 unspecified atom stereocenters. The van der Waals surface area contributed by atoms with Crippen LogP contribution in [0.25, 0.3) is 22.3 Å². The lowest BCUT2D eigenvalue weighted by molar-refractivity contribution is 0.974. The molecule has 0 bridgehead atoms. The number of fused-ring (bicyclic) bond motifs is 1. The Kier molecular flexibility index (Phi) is 2.40. The zero-order valence-corrected chi connectivity index (χ0v) is 10.7. The van der Waals surface area contributed by atoms with Crippen molar-refractivity contribution in [2.75, 3.05) is 0 Å².